The van der Waals surface area contributed by atoms with E-state index in [1.807, 2.05) is 6.07 Å². The average molecular weight is 398 g/mol. The number of hydrogen-bond donors (Lipinski definition) is 2. The number of primary sulfonamides is 1. The summed E-state index contributed by atoms with van der Waals surface area (Å²) in [7, 11) is -3.98. The summed E-state index contributed by atoms with van der Waals surface area (Å²) >= 11 is 0. The van der Waals surface area contributed by atoms with Gasteiger partial charge in [0.05, 0.1) is 16.1 Å². The Morgan fingerprint density at radius 3 is 2.64 bits per heavy atom. The van der Waals surface area contributed by atoms with E-state index in [1.54, 1.807) is 24.3 Å². The quantitative estimate of drug-likeness (QED) is 0.620. The smallest absolute Gasteiger partial charge is 0.238 e. The third-order valence-corrected chi connectivity index (χ3v) is 6.58. The summed E-state index contributed by atoms with van der Waals surface area (Å²) in [5, 5.41) is 13.7. The number of nitrogens with zero attached hydrogens (tertiary/aromatic N) is 1. The molecule has 4 rings (SSSR count). The fourth-order valence-electron chi connectivity index (χ4n) is 4.11. The van der Waals surface area contributed by atoms with Gasteiger partial charge in [0.25, 0.3) is 0 Å². The molecule has 0 spiro atoms. The Balaban J connectivity index is 1.61. The molecular formula is C21H23N3O3S. The minimum Gasteiger partial charge on any atom is -0.289 e. The van der Waals surface area contributed by atoms with E-state index in [9.17, 15) is 13.2 Å². The highest BCUT2D eigenvalue weighted by Gasteiger charge is 2.21. The van der Waals surface area contributed by atoms with E-state index < -0.39 is 10.0 Å². The van der Waals surface area contributed by atoms with Gasteiger partial charge in [0.15, 0.2) is 5.78 Å². The molecule has 28 heavy (non-hydrogen) atoms. The zero-order valence-electron chi connectivity index (χ0n) is 15.5. The van der Waals surface area contributed by atoms with Crippen molar-refractivity contribution in [2.75, 3.05) is 0 Å². The van der Waals surface area contributed by atoms with Crippen LogP contribution in [-0.4, -0.2) is 24.4 Å². The van der Waals surface area contributed by atoms with E-state index in [4.69, 9.17) is 5.14 Å². The second kappa shape index (κ2) is 7.48. The van der Waals surface area contributed by atoms with Crippen LogP contribution in [0.3, 0.4) is 0 Å². The zero-order valence-corrected chi connectivity index (χ0v) is 16.3. The van der Waals surface area contributed by atoms with Gasteiger partial charge in [-0.2, -0.15) is 5.10 Å². The summed E-state index contributed by atoms with van der Waals surface area (Å²) in [6.45, 7) is 0. The van der Waals surface area contributed by atoms with Crippen molar-refractivity contribution in [3.05, 3.63) is 59.3 Å². The number of aryl methyl sites for hydroxylation is 1. The normalized spacial score (nSPS) is 15.3. The lowest BCUT2D eigenvalue weighted by molar-refractivity contribution is 0.103. The number of carbonyl (C=O) groups is 1. The number of H-pyrrole nitrogens is 1. The van der Waals surface area contributed by atoms with E-state index >= 15 is 0 Å². The van der Waals surface area contributed by atoms with Crippen LogP contribution in [0.15, 0.2) is 47.4 Å². The average Bonchev–Trinajstić information content (AvgIpc) is 3.34. The molecule has 3 aromatic rings. The van der Waals surface area contributed by atoms with Crippen LogP contribution in [0.1, 0.15) is 53.7 Å². The zero-order chi connectivity index (χ0) is 19.7. The Labute approximate surface area is 164 Å². The molecule has 0 aliphatic heterocycles. The molecule has 1 fully saturated rings. The molecule has 0 saturated heterocycles. The van der Waals surface area contributed by atoms with Gasteiger partial charge >= 0.3 is 0 Å². The van der Waals surface area contributed by atoms with E-state index in [1.165, 1.54) is 37.8 Å². The van der Waals surface area contributed by atoms with Crippen LogP contribution >= 0.6 is 0 Å². The maximum atomic E-state index is 12.9. The predicted octanol–water partition coefficient (Wildman–Crippen LogP) is 3.56. The van der Waals surface area contributed by atoms with Crippen LogP contribution in [0.5, 0.6) is 0 Å². The van der Waals surface area contributed by atoms with Gasteiger partial charge in [-0.15, -0.1) is 0 Å². The van der Waals surface area contributed by atoms with Gasteiger partial charge in [0.1, 0.15) is 0 Å². The van der Waals surface area contributed by atoms with Crippen molar-refractivity contribution in [3.8, 4) is 0 Å². The predicted molar refractivity (Wildman–Crippen MR) is 108 cm³/mol. The minimum atomic E-state index is -3.98. The first-order valence-electron chi connectivity index (χ1n) is 9.57. The van der Waals surface area contributed by atoms with Crippen LogP contribution in [-0.2, 0) is 16.4 Å². The van der Waals surface area contributed by atoms with Crippen molar-refractivity contribution < 1.29 is 13.2 Å². The molecule has 7 heteroatoms. The maximum absolute atomic E-state index is 12.9. The topological polar surface area (TPSA) is 106 Å². The first kappa shape index (κ1) is 18.8. The van der Waals surface area contributed by atoms with Crippen molar-refractivity contribution in [1.29, 1.82) is 0 Å². The van der Waals surface area contributed by atoms with Crippen molar-refractivity contribution in [1.82, 2.24) is 10.2 Å². The Morgan fingerprint density at radius 1 is 1.14 bits per heavy atom. The van der Waals surface area contributed by atoms with Gasteiger partial charge in [-0.1, -0.05) is 49.9 Å². The first-order valence-corrected chi connectivity index (χ1v) is 11.1. The molecular weight excluding hydrogens is 374 g/mol. The van der Waals surface area contributed by atoms with Crippen LogP contribution in [0.25, 0.3) is 10.9 Å². The fraction of sp³-hybridized carbons (Fsp3) is 0.333. The van der Waals surface area contributed by atoms with E-state index in [2.05, 4.69) is 10.2 Å². The SMILES string of the molecule is NS(=O)(=O)c1ccccc1C(=O)c1ccc2c(CCC3CCCC3)n[nH]c2c1. The standard InChI is InChI=1S/C21H23N3O3S/c22-28(26,27)20-8-4-3-7-17(20)21(25)15-10-11-16-18(23-24-19(16)13-15)12-9-14-5-1-2-6-14/h3-4,7-8,10-11,13-14H,1-2,5-6,9,12H2,(H,23,24)(H2,22,26,27). The van der Waals surface area contributed by atoms with Gasteiger partial charge < -0.3 is 0 Å². The number of fused-ring (bicyclic) bond motifs is 1. The molecule has 6 nitrogen and oxygen atoms in total. The lowest BCUT2D eigenvalue weighted by atomic mass is 9.98. The Kier molecular flexibility index (Phi) is 5.03. The van der Waals surface area contributed by atoms with Crippen LogP contribution < -0.4 is 5.14 Å². The molecule has 1 saturated carbocycles. The highest BCUT2D eigenvalue weighted by molar-refractivity contribution is 7.89. The summed E-state index contributed by atoms with van der Waals surface area (Å²) in [6, 6.07) is 11.3. The number of benzene rings is 2. The first-order chi connectivity index (χ1) is 13.4. The second-order valence-corrected chi connectivity index (χ2v) is 9.02. The van der Waals surface area contributed by atoms with Gasteiger partial charge in [-0.3, -0.25) is 9.89 Å². The molecule has 2 aromatic carbocycles. The number of sulfonamides is 1. The number of nitrogens with one attached hydrogen (secondary N) is 1. The summed E-state index contributed by atoms with van der Waals surface area (Å²) in [6.07, 6.45) is 7.35. The molecule has 0 radical (unpaired) electrons. The minimum absolute atomic E-state index is 0.0744. The van der Waals surface area contributed by atoms with E-state index in [0.29, 0.717) is 5.56 Å². The van der Waals surface area contributed by atoms with Crippen LogP contribution in [0, 0.1) is 5.92 Å². The Bertz CT molecular complexity index is 1130. The summed E-state index contributed by atoms with van der Waals surface area (Å²) in [5.41, 5.74) is 2.27. The number of hydrogen-bond acceptors (Lipinski definition) is 4. The van der Waals surface area contributed by atoms with Crippen molar-refractivity contribution >= 4 is 26.7 Å². The lowest BCUT2D eigenvalue weighted by Gasteiger charge is -2.08. The maximum Gasteiger partial charge on any atom is 0.238 e. The number of ketones is 1. The van der Waals surface area contributed by atoms with Gasteiger partial charge in [-0.25, -0.2) is 13.6 Å². The van der Waals surface area contributed by atoms with Gasteiger partial charge in [0.2, 0.25) is 10.0 Å². The fourth-order valence-corrected chi connectivity index (χ4v) is 4.84. The molecule has 1 aromatic heterocycles. The molecule has 146 valence electrons. The van der Waals surface area contributed by atoms with Crippen molar-refractivity contribution in [3.63, 3.8) is 0 Å². The lowest BCUT2D eigenvalue weighted by Crippen LogP contribution is -2.17. The molecule has 0 bridgehead atoms. The summed E-state index contributed by atoms with van der Waals surface area (Å²) in [4.78, 5) is 12.7. The highest BCUT2D eigenvalue weighted by Crippen LogP contribution is 2.30. The molecule has 1 aliphatic carbocycles. The molecule has 1 aliphatic rings. The molecule has 0 atom stereocenters. The third-order valence-electron chi connectivity index (χ3n) is 5.61. The largest absolute Gasteiger partial charge is 0.289 e. The monoisotopic (exact) mass is 397 g/mol. The number of carbonyl (C=O) groups excluding carboxylic acids is 1. The van der Waals surface area contributed by atoms with Crippen molar-refractivity contribution in [2.45, 2.75) is 43.4 Å². The number of aromatic amines is 1. The van der Waals surface area contributed by atoms with Crippen molar-refractivity contribution in [2.24, 2.45) is 11.1 Å². The Hall–Kier alpha value is -2.51. The number of nitrogens with two attached hydrogens (primary N) is 1. The van der Waals surface area contributed by atoms with Gasteiger partial charge in [-0.05, 0) is 37.0 Å². The molecule has 0 unspecified atom stereocenters. The van der Waals surface area contributed by atoms with Crippen LogP contribution in [0.2, 0.25) is 0 Å². The molecule has 0 amide bonds. The molecule has 3 N–H and O–H groups in total. The summed E-state index contributed by atoms with van der Waals surface area (Å²) < 4.78 is 23.6. The Morgan fingerprint density at radius 2 is 1.89 bits per heavy atom. The second-order valence-electron chi connectivity index (χ2n) is 7.49. The van der Waals surface area contributed by atoms with E-state index in [-0.39, 0.29) is 16.2 Å². The highest BCUT2D eigenvalue weighted by atomic mass is 32.2. The number of aromatic nitrogens is 2. The van der Waals surface area contributed by atoms with E-state index in [0.717, 1.165) is 35.4 Å². The molecule has 1 heterocycles. The van der Waals surface area contributed by atoms with Gasteiger partial charge in [0, 0.05) is 16.5 Å². The summed E-state index contributed by atoms with van der Waals surface area (Å²) in [5.74, 6) is 0.413. The van der Waals surface area contributed by atoms with Crippen LogP contribution in [0.4, 0.5) is 0 Å². The number of rotatable bonds is 6. The third kappa shape index (κ3) is 3.72.